The van der Waals surface area contributed by atoms with Crippen LogP contribution < -0.4 is 15.1 Å². The minimum absolute atomic E-state index is 0.0517. The van der Waals surface area contributed by atoms with Crippen LogP contribution in [0.1, 0.15) is 6.42 Å². The molecule has 1 fully saturated rings. The van der Waals surface area contributed by atoms with Gasteiger partial charge in [-0.3, -0.25) is 13.9 Å². The fraction of sp³-hybridized carbons (Fsp3) is 0.167. The van der Waals surface area contributed by atoms with Crippen molar-refractivity contribution >= 4 is 60.7 Å². The lowest BCUT2D eigenvalue weighted by molar-refractivity contribution is -0.116. The quantitative estimate of drug-likeness (QED) is 0.446. The van der Waals surface area contributed by atoms with Crippen molar-refractivity contribution in [2.24, 2.45) is 0 Å². The summed E-state index contributed by atoms with van der Waals surface area (Å²) in [5.41, 5.74) is 2.02. The molecule has 7 nitrogen and oxygen atoms in total. The molecule has 3 aromatic carbocycles. The van der Waals surface area contributed by atoms with Crippen LogP contribution in [0, 0.1) is 0 Å². The van der Waals surface area contributed by atoms with Gasteiger partial charge in [0.1, 0.15) is 6.54 Å². The lowest BCUT2D eigenvalue weighted by Gasteiger charge is -2.19. The summed E-state index contributed by atoms with van der Waals surface area (Å²) in [5, 5.41) is 4.17. The summed E-state index contributed by atoms with van der Waals surface area (Å²) >= 11 is 6.30. The molecule has 0 unspecified atom stereocenters. The van der Waals surface area contributed by atoms with Gasteiger partial charge in [0.25, 0.3) is 0 Å². The van der Waals surface area contributed by atoms with E-state index in [9.17, 15) is 18.0 Å². The molecule has 1 aliphatic rings. The maximum Gasteiger partial charge on any atom is 0.244 e. The van der Waals surface area contributed by atoms with Crippen LogP contribution >= 0.6 is 11.6 Å². The number of benzene rings is 3. The Labute approximate surface area is 195 Å². The number of sulfonamides is 1. The number of carbonyl (C=O) groups excluding carboxylic acids is 1. The van der Waals surface area contributed by atoms with Gasteiger partial charge >= 0.3 is 0 Å². The van der Waals surface area contributed by atoms with Crippen molar-refractivity contribution in [1.29, 1.82) is 0 Å². The maximum absolute atomic E-state index is 13.1. The van der Waals surface area contributed by atoms with Crippen LogP contribution in [0.3, 0.4) is 0 Å². The maximum atomic E-state index is 13.1. The minimum atomic E-state index is -3.36. The molecule has 9 heteroatoms. The number of para-hydroxylation sites is 2. The Morgan fingerprint density at radius 1 is 0.970 bits per heavy atom. The van der Waals surface area contributed by atoms with Gasteiger partial charge in [-0.15, -0.1) is 0 Å². The molecule has 0 bridgehead atoms. The van der Waals surface area contributed by atoms with Crippen molar-refractivity contribution in [2.75, 3.05) is 21.9 Å². The fourth-order valence-corrected chi connectivity index (χ4v) is 6.00. The molecule has 0 atom stereocenters. The molecule has 0 aliphatic carbocycles. The molecule has 1 aromatic heterocycles. The van der Waals surface area contributed by atoms with Crippen LogP contribution in [0.15, 0.2) is 71.5 Å². The standard InChI is InChI=1S/C24H20ClN3O4S/c25-19-11-10-16(28-12-5-13-33(28,31)32)14-20(19)26-23(29)15-27-21-8-3-1-6-17(21)24(30)18-7-2-4-9-22(18)27/h1-4,6-11,14H,5,12-13,15H2,(H,26,29). The van der Waals surface area contributed by atoms with Gasteiger partial charge in [-0.1, -0.05) is 35.9 Å². The highest BCUT2D eigenvalue weighted by molar-refractivity contribution is 7.93. The minimum Gasteiger partial charge on any atom is -0.331 e. The highest BCUT2D eigenvalue weighted by atomic mass is 35.5. The Morgan fingerprint density at radius 2 is 1.61 bits per heavy atom. The Hall–Kier alpha value is -3.36. The van der Waals surface area contributed by atoms with Crippen molar-refractivity contribution in [2.45, 2.75) is 13.0 Å². The molecule has 0 saturated carbocycles. The van der Waals surface area contributed by atoms with Gasteiger partial charge < -0.3 is 9.88 Å². The number of carbonyl (C=O) groups is 1. The molecule has 2 heterocycles. The summed E-state index contributed by atoms with van der Waals surface area (Å²) in [6.45, 7) is 0.344. The van der Waals surface area contributed by atoms with E-state index < -0.39 is 10.0 Å². The van der Waals surface area contributed by atoms with Gasteiger partial charge in [0.2, 0.25) is 15.9 Å². The number of nitrogens with zero attached hydrogens (tertiary/aromatic N) is 2. The fourth-order valence-electron chi connectivity index (χ4n) is 4.27. The van der Waals surface area contributed by atoms with Gasteiger partial charge in [0.15, 0.2) is 5.43 Å². The van der Waals surface area contributed by atoms with Crippen molar-refractivity contribution in [3.8, 4) is 0 Å². The van der Waals surface area contributed by atoms with Crippen LogP contribution in [0.5, 0.6) is 0 Å². The third-order valence-electron chi connectivity index (χ3n) is 5.79. The van der Waals surface area contributed by atoms with Gasteiger partial charge in [-0.05, 0) is 48.9 Å². The molecule has 1 N–H and O–H groups in total. The van der Waals surface area contributed by atoms with Crippen molar-refractivity contribution in [1.82, 2.24) is 4.57 Å². The summed E-state index contributed by atoms with van der Waals surface area (Å²) in [6.07, 6.45) is 0.555. The second kappa shape index (κ2) is 8.20. The average molecular weight is 482 g/mol. The van der Waals surface area contributed by atoms with E-state index in [2.05, 4.69) is 5.32 Å². The first-order valence-electron chi connectivity index (χ1n) is 10.5. The number of pyridine rings is 1. The summed E-state index contributed by atoms with van der Waals surface area (Å²) in [4.78, 5) is 26.0. The number of halogens is 1. The van der Waals surface area contributed by atoms with E-state index in [0.717, 1.165) is 0 Å². The van der Waals surface area contributed by atoms with E-state index >= 15 is 0 Å². The van der Waals surface area contributed by atoms with Crippen LogP contribution in [-0.4, -0.2) is 31.2 Å². The largest absolute Gasteiger partial charge is 0.331 e. The monoisotopic (exact) mass is 481 g/mol. The summed E-state index contributed by atoms with van der Waals surface area (Å²) in [6, 6.07) is 19.1. The second-order valence-electron chi connectivity index (χ2n) is 7.90. The second-order valence-corrected chi connectivity index (χ2v) is 10.3. The smallest absolute Gasteiger partial charge is 0.244 e. The van der Waals surface area contributed by atoms with E-state index in [1.54, 1.807) is 47.0 Å². The van der Waals surface area contributed by atoms with Gasteiger partial charge in [0, 0.05) is 17.3 Å². The molecule has 4 aromatic rings. The predicted molar refractivity (Wildman–Crippen MR) is 132 cm³/mol. The van der Waals surface area contributed by atoms with Gasteiger partial charge in [-0.2, -0.15) is 0 Å². The molecular weight excluding hydrogens is 462 g/mol. The van der Waals surface area contributed by atoms with Gasteiger partial charge in [-0.25, -0.2) is 8.42 Å². The van der Waals surface area contributed by atoms with Crippen LogP contribution in [0.25, 0.3) is 21.8 Å². The molecule has 0 spiro atoms. The van der Waals surface area contributed by atoms with E-state index in [1.807, 2.05) is 24.3 Å². The van der Waals surface area contributed by atoms with E-state index in [0.29, 0.717) is 51.2 Å². The highest BCUT2D eigenvalue weighted by Crippen LogP contribution is 2.31. The van der Waals surface area contributed by atoms with Crippen molar-refractivity contribution < 1.29 is 13.2 Å². The lowest BCUT2D eigenvalue weighted by atomic mass is 10.1. The highest BCUT2D eigenvalue weighted by Gasteiger charge is 2.29. The average Bonchev–Trinajstić information content (AvgIpc) is 3.17. The predicted octanol–water partition coefficient (Wildman–Crippen LogP) is 3.99. The zero-order valence-corrected chi connectivity index (χ0v) is 19.1. The number of hydrogen-bond acceptors (Lipinski definition) is 4. The summed E-state index contributed by atoms with van der Waals surface area (Å²) in [5.74, 6) is -0.249. The SMILES string of the molecule is O=C(Cn1c2ccccc2c(=O)c2ccccc21)Nc1cc(N2CCCS2(=O)=O)ccc1Cl. The Balaban J connectivity index is 1.51. The number of fused-ring (bicyclic) bond motifs is 2. The molecule has 33 heavy (non-hydrogen) atoms. The number of aromatic nitrogens is 1. The zero-order valence-electron chi connectivity index (χ0n) is 17.5. The third-order valence-corrected chi connectivity index (χ3v) is 7.99. The number of hydrogen-bond donors (Lipinski definition) is 1. The van der Waals surface area contributed by atoms with Crippen LogP contribution in [0.2, 0.25) is 5.02 Å². The molecule has 0 radical (unpaired) electrons. The number of nitrogens with one attached hydrogen (secondary N) is 1. The van der Waals surface area contributed by atoms with Crippen LogP contribution in [0.4, 0.5) is 11.4 Å². The Bertz CT molecular complexity index is 1520. The van der Waals surface area contributed by atoms with E-state index in [1.165, 1.54) is 4.31 Å². The number of amides is 1. The van der Waals surface area contributed by atoms with E-state index in [-0.39, 0.29) is 23.6 Å². The Morgan fingerprint density at radius 3 is 2.21 bits per heavy atom. The first kappa shape index (κ1) is 21.5. The third kappa shape index (κ3) is 3.85. The molecule has 1 aliphatic heterocycles. The van der Waals surface area contributed by atoms with Crippen molar-refractivity contribution in [3.05, 3.63) is 82.0 Å². The zero-order chi connectivity index (χ0) is 23.2. The molecule has 1 saturated heterocycles. The van der Waals surface area contributed by atoms with E-state index in [4.69, 9.17) is 11.6 Å². The number of anilines is 2. The first-order valence-corrected chi connectivity index (χ1v) is 12.4. The summed E-state index contributed by atoms with van der Waals surface area (Å²) < 4.78 is 27.7. The molecule has 5 rings (SSSR count). The molecule has 1 amide bonds. The van der Waals surface area contributed by atoms with Crippen LogP contribution in [-0.2, 0) is 21.4 Å². The first-order chi connectivity index (χ1) is 15.8. The normalized spacial score (nSPS) is 15.2. The summed E-state index contributed by atoms with van der Waals surface area (Å²) in [7, 11) is -3.36. The van der Waals surface area contributed by atoms with Gasteiger partial charge in [0.05, 0.1) is 33.2 Å². The molecule has 168 valence electrons. The number of rotatable bonds is 4. The van der Waals surface area contributed by atoms with Crippen molar-refractivity contribution in [3.63, 3.8) is 0 Å². The topological polar surface area (TPSA) is 88.5 Å². The Kier molecular flexibility index (Phi) is 5.34. The molecular formula is C24H20ClN3O4S. The lowest BCUT2D eigenvalue weighted by Crippen LogP contribution is -2.25.